The second-order valence-electron chi connectivity index (χ2n) is 4.30. The Kier molecular flexibility index (Phi) is 4.01. The van der Waals surface area contributed by atoms with Gasteiger partial charge in [-0.3, -0.25) is 14.3 Å². The van der Waals surface area contributed by atoms with Crippen molar-refractivity contribution >= 4 is 12.2 Å². The number of aliphatic hydroxyl groups is 1. The van der Waals surface area contributed by atoms with E-state index in [1.807, 2.05) is 0 Å². The molecule has 19 heavy (non-hydrogen) atoms. The largest absolute Gasteiger partial charge is 0.394 e. The van der Waals surface area contributed by atoms with Crippen LogP contribution in [0.25, 0.3) is 10.4 Å². The van der Waals surface area contributed by atoms with E-state index in [-0.39, 0.29) is 16.9 Å². The summed E-state index contributed by atoms with van der Waals surface area (Å²) in [5, 5.41) is 12.8. The number of hydrogen-bond acceptors (Lipinski definition) is 5. The summed E-state index contributed by atoms with van der Waals surface area (Å²) in [6.07, 6.45) is 0.971. The molecule has 0 bridgehead atoms. The standard InChI is InChI=1S/C10H13N5O3S/c1-5-3-15(10(19)12-9(5)17)8-2-6(13-14-11)7(4-16)18-8/h3,6-8,16H,2,4H2,1H3,(H,12,17,19)/t6?,7-,8-/m1/s1. The summed E-state index contributed by atoms with van der Waals surface area (Å²) < 4.78 is 7.43. The van der Waals surface area contributed by atoms with Crippen LogP contribution in [0.4, 0.5) is 0 Å². The zero-order chi connectivity index (χ0) is 14.0. The molecule has 8 nitrogen and oxygen atoms in total. The number of ether oxygens (including phenoxy) is 1. The maximum atomic E-state index is 11.4. The highest BCUT2D eigenvalue weighted by Crippen LogP contribution is 2.30. The van der Waals surface area contributed by atoms with Crippen molar-refractivity contribution in [2.24, 2.45) is 5.11 Å². The molecule has 102 valence electrons. The molecule has 1 aliphatic heterocycles. The summed E-state index contributed by atoms with van der Waals surface area (Å²) in [4.78, 5) is 16.7. The van der Waals surface area contributed by atoms with Gasteiger partial charge in [-0.05, 0) is 24.7 Å². The van der Waals surface area contributed by atoms with Crippen LogP contribution in [-0.4, -0.2) is 33.4 Å². The van der Waals surface area contributed by atoms with E-state index >= 15 is 0 Å². The van der Waals surface area contributed by atoms with Crippen molar-refractivity contribution in [3.63, 3.8) is 0 Å². The van der Waals surface area contributed by atoms with Gasteiger partial charge in [-0.2, -0.15) is 0 Å². The van der Waals surface area contributed by atoms with Crippen LogP contribution in [0.5, 0.6) is 0 Å². The van der Waals surface area contributed by atoms with Gasteiger partial charge in [0.25, 0.3) is 5.56 Å². The van der Waals surface area contributed by atoms with E-state index < -0.39 is 18.4 Å². The number of aromatic nitrogens is 2. The SMILES string of the molecule is Cc1cn([C@H]2CC(N=[N+]=[N-])[C@@H](CO)O2)c(=S)[nH]c1=O. The molecule has 2 N–H and O–H groups in total. The third-order valence-electron chi connectivity index (χ3n) is 3.04. The maximum Gasteiger partial charge on any atom is 0.254 e. The normalized spacial score (nSPS) is 26.1. The van der Waals surface area contributed by atoms with Gasteiger partial charge in [-0.1, -0.05) is 5.11 Å². The van der Waals surface area contributed by atoms with Crippen LogP contribution in [0.2, 0.25) is 0 Å². The average Bonchev–Trinajstić information content (AvgIpc) is 2.77. The topological polar surface area (TPSA) is 116 Å². The molecule has 0 saturated carbocycles. The van der Waals surface area contributed by atoms with E-state index in [1.165, 1.54) is 0 Å². The molecule has 2 rings (SSSR count). The minimum Gasteiger partial charge on any atom is -0.394 e. The van der Waals surface area contributed by atoms with Crippen molar-refractivity contribution in [1.82, 2.24) is 9.55 Å². The first-order valence-corrected chi connectivity index (χ1v) is 6.10. The second kappa shape index (κ2) is 5.54. The van der Waals surface area contributed by atoms with E-state index in [0.717, 1.165) is 0 Å². The van der Waals surface area contributed by atoms with Gasteiger partial charge in [-0.15, -0.1) is 0 Å². The molecular weight excluding hydrogens is 270 g/mol. The monoisotopic (exact) mass is 283 g/mol. The fraction of sp³-hybridized carbons (Fsp3) is 0.600. The molecule has 1 aromatic rings. The van der Waals surface area contributed by atoms with Gasteiger partial charge in [0.2, 0.25) is 0 Å². The first-order valence-electron chi connectivity index (χ1n) is 5.69. The zero-order valence-corrected chi connectivity index (χ0v) is 11.0. The minimum atomic E-state index is -0.560. The van der Waals surface area contributed by atoms with Crippen molar-refractivity contribution in [2.75, 3.05) is 6.61 Å². The highest BCUT2D eigenvalue weighted by molar-refractivity contribution is 7.71. The predicted molar refractivity (Wildman–Crippen MR) is 69.2 cm³/mol. The van der Waals surface area contributed by atoms with E-state index in [4.69, 9.17) is 22.5 Å². The van der Waals surface area contributed by atoms with Crippen LogP contribution in [0, 0.1) is 11.7 Å². The lowest BCUT2D eigenvalue weighted by Gasteiger charge is -2.16. The Morgan fingerprint density at radius 1 is 1.79 bits per heavy atom. The van der Waals surface area contributed by atoms with E-state index in [9.17, 15) is 9.90 Å². The van der Waals surface area contributed by atoms with Crippen LogP contribution < -0.4 is 5.56 Å². The Hall–Kier alpha value is -1.67. The molecule has 0 aromatic carbocycles. The maximum absolute atomic E-state index is 11.4. The van der Waals surface area contributed by atoms with E-state index in [1.54, 1.807) is 17.7 Å². The summed E-state index contributed by atoms with van der Waals surface area (Å²) in [5.41, 5.74) is 8.74. The number of H-pyrrole nitrogens is 1. The summed E-state index contributed by atoms with van der Waals surface area (Å²) in [6.45, 7) is 1.42. The third-order valence-corrected chi connectivity index (χ3v) is 3.35. The molecule has 1 saturated heterocycles. The zero-order valence-electron chi connectivity index (χ0n) is 10.2. The molecule has 2 heterocycles. The number of azide groups is 1. The van der Waals surface area contributed by atoms with Gasteiger partial charge in [0.05, 0.1) is 18.8 Å². The van der Waals surface area contributed by atoms with Gasteiger partial charge in [0, 0.05) is 23.1 Å². The number of rotatable bonds is 3. The van der Waals surface area contributed by atoms with Crippen molar-refractivity contribution in [3.8, 4) is 0 Å². The summed E-state index contributed by atoms with van der Waals surface area (Å²) in [6, 6.07) is -0.450. The van der Waals surface area contributed by atoms with Crippen LogP contribution in [0.15, 0.2) is 16.1 Å². The molecule has 9 heteroatoms. The molecule has 0 spiro atoms. The smallest absolute Gasteiger partial charge is 0.254 e. The van der Waals surface area contributed by atoms with Gasteiger partial charge >= 0.3 is 0 Å². The molecule has 0 aliphatic carbocycles. The van der Waals surface area contributed by atoms with Gasteiger partial charge in [-0.25, -0.2) is 0 Å². The predicted octanol–water partition coefficient (Wildman–Crippen LogP) is 1.17. The average molecular weight is 283 g/mol. The van der Waals surface area contributed by atoms with Crippen molar-refractivity contribution in [3.05, 3.63) is 37.3 Å². The summed E-state index contributed by atoms with van der Waals surface area (Å²) in [5.74, 6) is 0. The fourth-order valence-corrected chi connectivity index (χ4v) is 2.30. The number of aliphatic hydroxyl groups excluding tert-OH is 1. The van der Waals surface area contributed by atoms with E-state index in [0.29, 0.717) is 12.0 Å². The molecule has 1 unspecified atom stereocenters. The first-order chi connectivity index (χ1) is 9.06. The Balaban J connectivity index is 2.34. The number of nitrogens with zero attached hydrogens (tertiary/aromatic N) is 4. The van der Waals surface area contributed by atoms with E-state index in [2.05, 4.69) is 15.0 Å². The van der Waals surface area contributed by atoms with Gasteiger partial charge in [0.1, 0.15) is 6.23 Å². The number of aromatic amines is 1. The molecule has 3 atom stereocenters. The Morgan fingerprint density at radius 3 is 3.16 bits per heavy atom. The molecule has 0 amide bonds. The minimum absolute atomic E-state index is 0.235. The quantitative estimate of drug-likeness (QED) is 0.375. The lowest BCUT2D eigenvalue weighted by molar-refractivity contribution is -0.0263. The molecule has 1 aromatic heterocycles. The van der Waals surface area contributed by atoms with Crippen molar-refractivity contribution in [2.45, 2.75) is 31.7 Å². The fourth-order valence-electron chi connectivity index (χ4n) is 2.04. The summed E-state index contributed by atoms with van der Waals surface area (Å²) in [7, 11) is 0. The molecule has 1 fully saturated rings. The summed E-state index contributed by atoms with van der Waals surface area (Å²) >= 11 is 5.08. The number of nitrogens with one attached hydrogen (secondary N) is 1. The highest BCUT2D eigenvalue weighted by atomic mass is 32.1. The lowest BCUT2D eigenvalue weighted by atomic mass is 10.1. The van der Waals surface area contributed by atoms with Crippen molar-refractivity contribution in [1.29, 1.82) is 0 Å². The molecular formula is C10H13N5O3S. The van der Waals surface area contributed by atoms with Gasteiger partial charge in [0.15, 0.2) is 4.77 Å². The molecule has 0 radical (unpaired) electrons. The Morgan fingerprint density at radius 2 is 2.53 bits per heavy atom. The first kappa shape index (κ1) is 13.8. The highest BCUT2D eigenvalue weighted by Gasteiger charge is 2.35. The van der Waals surface area contributed by atoms with Gasteiger partial charge < -0.3 is 9.84 Å². The molecule has 1 aliphatic rings. The van der Waals surface area contributed by atoms with Crippen LogP contribution >= 0.6 is 12.2 Å². The second-order valence-corrected chi connectivity index (χ2v) is 4.69. The van der Waals surface area contributed by atoms with Crippen LogP contribution in [-0.2, 0) is 4.74 Å². The Labute approximate surface area is 113 Å². The van der Waals surface area contributed by atoms with Crippen LogP contribution in [0.3, 0.4) is 0 Å². The lowest BCUT2D eigenvalue weighted by Crippen LogP contribution is -2.23. The third kappa shape index (κ3) is 2.69. The van der Waals surface area contributed by atoms with Crippen molar-refractivity contribution < 1.29 is 9.84 Å². The van der Waals surface area contributed by atoms with Crippen LogP contribution in [0.1, 0.15) is 18.2 Å². The Bertz CT molecular complexity index is 633. The number of aryl methyl sites for hydroxylation is 1. The number of hydrogen-bond donors (Lipinski definition) is 2.